The second kappa shape index (κ2) is 5.11. The highest BCUT2D eigenvalue weighted by Crippen LogP contribution is 2.21. The zero-order chi connectivity index (χ0) is 12.3. The van der Waals surface area contributed by atoms with Gasteiger partial charge in [-0.15, -0.1) is 0 Å². The van der Waals surface area contributed by atoms with Crippen molar-refractivity contribution in [2.24, 2.45) is 5.92 Å². The summed E-state index contributed by atoms with van der Waals surface area (Å²) >= 11 is 0. The predicted octanol–water partition coefficient (Wildman–Crippen LogP) is 1.13. The van der Waals surface area contributed by atoms with Gasteiger partial charge in [-0.3, -0.25) is 0 Å². The molecule has 1 aliphatic heterocycles. The molecule has 1 saturated heterocycles. The second-order valence-corrected chi connectivity index (χ2v) is 4.36. The molecule has 1 aliphatic rings. The number of nitriles is 1. The van der Waals surface area contributed by atoms with Gasteiger partial charge in [0.1, 0.15) is 11.8 Å². The third kappa shape index (κ3) is 2.71. The van der Waals surface area contributed by atoms with Crippen LogP contribution < -0.4 is 4.90 Å². The minimum absolute atomic E-state index is 0.433. The summed E-state index contributed by atoms with van der Waals surface area (Å²) in [6, 6.07) is 3.77. The Hall–Kier alpha value is -1.67. The average molecular weight is 232 g/mol. The van der Waals surface area contributed by atoms with Crippen molar-refractivity contribution >= 4 is 5.95 Å². The van der Waals surface area contributed by atoms with Crippen LogP contribution in [-0.2, 0) is 4.74 Å². The highest BCUT2D eigenvalue weighted by Gasteiger charge is 2.24. The molecule has 0 bridgehead atoms. The predicted molar refractivity (Wildman–Crippen MR) is 63.7 cm³/mol. The summed E-state index contributed by atoms with van der Waals surface area (Å²) in [7, 11) is 1.72. The number of hydrogen-bond donors (Lipinski definition) is 0. The van der Waals surface area contributed by atoms with Crippen LogP contribution >= 0.6 is 0 Å². The van der Waals surface area contributed by atoms with E-state index in [1.54, 1.807) is 13.2 Å². The van der Waals surface area contributed by atoms with E-state index in [1.165, 1.54) is 0 Å². The fourth-order valence-electron chi connectivity index (χ4n) is 2.14. The van der Waals surface area contributed by atoms with E-state index in [4.69, 9.17) is 10.00 Å². The lowest BCUT2D eigenvalue weighted by atomic mass is 10.1. The minimum atomic E-state index is 0.433. The topological polar surface area (TPSA) is 62.0 Å². The first-order valence-electron chi connectivity index (χ1n) is 5.72. The SMILES string of the molecule is COCC1CCN(c2nc(C)cc(C#N)n2)C1. The van der Waals surface area contributed by atoms with Crippen LogP contribution in [0.15, 0.2) is 6.07 Å². The molecule has 1 unspecified atom stereocenters. The average Bonchev–Trinajstić information content (AvgIpc) is 2.77. The first kappa shape index (κ1) is 11.8. The lowest BCUT2D eigenvalue weighted by molar-refractivity contribution is 0.161. The Labute approximate surface area is 101 Å². The van der Waals surface area contributed by atoms with Gasteiger partial charge in [-0.2, -0.15) is 5.26 Å². The Kier molecular flexibility index (Phi) is 3.55. The molecule has 0 spiro atoms. The molecular weight excluding hydrogens is 216 g/mol. The fraction of sp³-hybridized carbons (Fsp3) is 0.583. The Bertz CT molecular complexity index is 441. The molecule has 0 radical (unpaired) electrons. The van der Waals surface area contributed by atoms with Crippen molar-refractivity contribution in [3.8, 4) is 6.07 Å². The first-order valence-corrected chi connectivity index (χ1v) is 5.72. The van der Waals surface area contributed by atoms with Gasteiger partial charge >= 0.3 is 0 Å². The highest BCUT2D eigenvalue weighted by atomic mass is 16.5. The molecule has 5 heteroatoms. The summed E-state index contributed by atoms with van der Waals surface area (Å²) in [5.41, 5.74) is 1.27. The number of nitrogens with zero attached hydrogens (tertiary/aromatic N) is 4. The molecule has 0 saturated carbocycles. The summed E-state index contributed by atoms with van der Waals surface area (Å²) in [6.45, 7) is 4.49. The second-order valence-electron chi connectivity index (χ2n) is 4.36. The summed E-state index contributed by atoms with van der Waals surface area (Å²) in [6.07, 6.45) is 1.09. The monoisotopic (exact) mass is 232 g/mol. The van der Waals surface area contributed by atoms with E-state index in [1.807, 2.05) is 6.92 Å². The molecule has 2 heterocycles. The summed E-state index contributed by atoms with van der Waals surface area (Å²) in [5, 5.41) is 8.89. The molecule has 0 N–H and O–H groups in total. The van der Waals surface area contributed by atoms with Crippen LogP contribution in [0.3, 0.4) is 0 Å². The quantitative estimate of drug-likeness (QED) is 0.781. The van der Waals surface area contributed by atoms with E-state index in [0.717, 1.165) is 31.8 Å². The molecule has 17 heavy (non-hydrogen) atoms. The molecule has 1 atom stereocenters. The van der Waals surface area contributed by atoms with Gasteiger partial charge in [0.05, 0.1) is 6.61 Å². The van der Waals surface area contributed by atoms with E-state index in [2.05, 4.69) is 20.9 Å². The van der Waals surface area contributed by atoms with Crippen LogP contribution in [0.5, 0.6) is 0 Å². The van der Waals surface area contributed by atoms with Crippen LogP contribution in [0.2, 0.25) is 0 Å². The number of aryl methyl sites for hydroxylation is 1. The fourth-order valence-corrected chi connectivity index (χ4v) is 2.14. The van der Waals surface area contributed by atoms with E-state index in [-0.39, 0.29) is 0 Å². The van der Waals surface area contributed by atoms with Crippen molar-refractivity contribution in [1.29, 1.82) is 5.26 Å². The molecule has 0 aromatic carbocycles. The summed E-state index contributed by atoms with van der Waals surface area (Å²) in [4.78, 5) is 10.7. The van der Waals surface area contributed by atoms with Gasteiger partial charge in [-0.05, 0) is 19.4 Å². The number of hydrogen-bond acceptors (Lipinski definition) is 5. The maximum atomic E-state index is 8.89. The standard InChI is InChI=1S/C12H16N4O/c1-9-5-11(6-13)15-12(14-9)16-4-3-10(7-16)8-17-2/h5,10H,3-4,7-8H2,1-2H3. The minimum Gasteiger partial charge on any atom is -0.384 e. The zero-order valence-electron chi connectivity index (χ0n) is 10.2. The van der Waals surface area contributed by atoms with Gasteiger partial charge in [0.15, 0.2) is 0 Å². The van der Waals surface area contributed by atoms with Crippen LogP contribution in [0, 0.1) is 24.2 Å². The number of methoxy groups -OCH3 is 1. The molecule has 2 rings (SSSR count). The van der Waals surface area contributed by atoms with E-state index in [9.17, 15) is 0 Å². The van der Waals surface area contributed by atoms with Crippen LogP contribution in [-0.4, -0.2) is 36.8 Å². The Morgan fingerprint density at radius 3 is 3.12 bits per heavy atom. The third-order valence-corrected chi connectivity index (χ3v) is 2.93. The highest BCUT2D eigenvalue weighted by molar-refractivity contribution is 5.37. The number of rotatable bonds is 3. The van der Waals surface area contributed by atoms with Gasteiger partial charge in [0.2, 0.25) is 5.95 Å². The van der Waals surface area contributed by atoms with Gasteiger partial charge in [-0.1, -0.05) is 0 Å². The largest absolute Gasteiger partial charge is 0.384 e. The maximum Gasteiger partial charge on any atom is 0.226 e. The van der Waals surface area contributed by atoms with Gasteiger partial charge in [-0.25, -0.2) is 9.97 Å². The molecule has 1 aromatic heterocycles. The number of aromatic nitrogens is 2. The molecule has 0 amide bonds. The van der Waals surface area contributed by atoms with Gasteiger partial charge in [0, 0.05) is 31.8 Å². The van der Waals surface area contributed by atoms with Crippen molar-refractivity contribution in [3.63, 3.8) is 0 Å². The van der Waals surface area contributed by atoms with E-state index >= 15 is 0 Å². The lowest BCUT2D eigenvalue weighted by Gasteiger charge is -2.16. The zero-order valence-corrected chi connectivity index (χ0v) is 10.2. The van der Waals surface area contributed by atoms with Crippen molar-refractivity contribution in [1.82, 2.24) is 9.97 Å². The molecule has 1 aromatic rings. The van der Waals surface area contributed by atoms with E-state index in [0.29, 0.717) is 17.6 Å². The van der Waals surface area contributed by atoms with E-state index < -0.39 is 0 Å². The number of ether oxygens (including phenoxy) is 1. The maximum absolute atomic E-state index is 8.89. The molecular formula is C12H16N4O. The summed E-state index contributed by atoms with van der Waals surface area (Å²) < 4.78 is 5.16. The molecule has 0 aliphatic carbocycles. The van der Waals surface area contributed by atoms with Crippen LogP contribution in [0.4, 0.5) is 5.95 Å². The van der Waals surface area contributed by atoms with Crippen molar-refractivity contribution in [3.05, 3.63) is 17.5 Å². The Morgan fingerprint density at radius 1 is 1.59 bits per heavy atom. The molecule has 90 valence electrons. The van der Waals surface area contributed by atoms with Crippen LogP contribution in [0.25, 0.3) is 0 Å². The normalized spacial score (nSPS) is 19.4. The van der Waals surface area contributed by atoms with Crippen molar-refractivity contribution in [2.45, 2.75) is 13.3 Å². The van der Waals surface area contributed by atoms with Crippen molar-refractivity contribution in [2.75, 3.05) is 31.7 Å². The lowest BCUT2D eigenvalue weighted by Crippen LogP contribution is -2.23. The Morgan fingerprint density at radius 2 is 2.41 bits per heavy atom. The molecule has 1 fully saturated rings. The van der Waals surface area contributed by atoms with Crippen LogP contribution in [0.1, 0.15) is 17.8 Å². The van der Waals surface area contributed by atoms with Gasteiger partial charge in [0.25, 0.3) is 0 Å². The molecule has 5 nitrogen and oxygen atoms in total. The third-order valence-electron chi connectivity index (χ3n) is 2.93. The van der Waals surface area contributed by atoms with Gasteiger partial charge < -0.3 is 9.64 Å². The number of anilines is 1. The van der Waals surface area contributed by atoms with Crippen molar-refractivity contribution < 1.29 is 4.74 Å². The smallest absolute Gasteiger partial charge is 0.226 e. The first-order chi connectivity index (χ1) is 8.22. The summed E-state index contributed by atoms with van der Waals surface area (Å²) in [5.74, 6) is 1.20. The Balaban J connectivity index is 2.13.